The summed E-state index contributed by atoms with van der Waals surface area (Å²) in [4.78, 5) is 7.14. The third-order valence-corrected chi connectivity index (χ3v) is 5.33. The number of nitrogen functional groups attached to an aromatic ring is 1. The number of hydrogen-bond acceptors (Lipinski definition) is 3. The molecule has 2 heterocycles. The number of fused-ring (bicyclic) bond motifs is 2. The van der Waals surface area contributed by atoms with Gasteiger partial charge in [0.05, 0.1) is 11.2 Å². The van der Waals surface area contributed by atoms with E-state index in [0.29, 0.717) is 0 Å². The van der Waals surface area contributed by atoms with E-state index in [1.54, 1.807) is 0 Å². The highest BCUT2D eigenvalue weighted by atomic mass is 15.2. The van der Waals surface area contributed by atoms with Crippen molar-refractivity contribution in [2.24, 2.45) is 5.92 Å². The van der Waals surface area contributed by atoms with Crippen LogP contribution in [0, 0.1) is 5.92 Å². The molecule has 110 valence electrons. The molecular weight excluding hydrogens is 258 g/mol. The Morgan fingerprint density at radius 1 is 1.05 bits per heavy atom. The van der Waals surface area contributed by atoms with Gasteiger partial charge in [0.1, 0.15) is 0 Å². The zero-order chi connectivity index (χ0) is 14.2. The molecule has 2 N–H and O–H groups in total. The summed E-state index contributed by atoms with van der Waals surface area (Å²) in [7, 11) is 0. The van der Waals surface area contributed by atoms with E-state index in [-0.39, 0.29) is 0 Å². The lowest BCUT2D eigenvalue weighted by Gasteiger charge is -2.45. The van der Waals surface area contributed by atoms with Gasteiger partial charge in [-0.05, 0) is 55.9 Å². The lowest BCUT2D eigenvalue weighted by molar-refractivity contribution is 0.244. The van der Waals surface area contributed by atoms with Crippen LogP contribution in [0.3, 0.4) is 0 Å². The van der Waals surface area contributed by atoms with Crippen molar-refractivity contribution < 1.29 is 0 Å². The van der Waals surface area contributed by atoms with E-state index >= 15 is 0 Å². The number of nitrogens with two attached hydrogens (primary N) is 1. The number of hydrogen-bond donors (Lipinski definition) is 1. The van der Waals surface area contributed by atoms with Crippen LogP contribution in [-0.2, 0) is 0 Å². The molecule has 0 amide bonds. The van der Waals surface area contributed by atoms with Crippen molar-refractivity contribution >= 4 is 22.3 Å². The largest absolute Gasteiger partial charge is 0.397 e. The first-order valence-electron chi connectivity index (χ1n) is 8.24. The SMILES string of the molecule is Nc1ccc(N2CCCC3CCCCC32)c2cccnc12. The normalized spacial score (nSPS) is 25.8. The van der Waals surface area contributed by atoms with Crippen molar-refractivity contribution in [1.29, 1.82) is 0 Å². The van der Waals surface area contributed by atoms with E-state index in [1.165, 1.54) is 56.1 Å². The van der Waals surface area contributed by atoms with Gasteiger partial charge in [-0.15, -0.1) is 0 Å². The molecule has 21 heavy (non-hydrogen) atoms. The first kappa shape index (κ1) is 12.9. The van der Waals surface area contributed by atoms with Gasteiger partial charge in [-0.25, -0.2) is 0 Å². The molecule has 1 saturated carbocycles. The van der Waals surface area contributed by atoms with Crippen LogP contribution in [0.4, 0.5) is 11.4 Å². The number of rotatable bonds is 1. The van der Waals surface area contributed by atoms with Crippen LogP contribution in [0.1, 0.15) is 38.5 Å². The Morgan fingerprint density at radius 3 is 2.86 bits per heavy atom. The minimum Gasteiger partial charge on any atom is -0.397 e. The summed E-state index contributed by atoms with van der Waals surface area (Å²) in [6.07, 6.45) is 10.1. The first-order chi connectivity index (χ1) is 10.3. The van der Waals surface area contributed by atoms with E-state index < -0.39 is 0 Å². The Bertz CT molecular complexity index is 650. The Kier molecular flexibility index (Phi) is 3.21. The maximum Gasteiger partial charge on any atom is 0.0951 e. The topological polar surface area (TPSA) is 42.1 Å². The van der Waals surface area contributed by atoms with Crippen LogP contribution in [0.15, 0.2) is 30.5 Å². The fourth-order valence-electron chi connectivity index (χ4n) is 4.35. The molecule has 1 aromatic heterocycles. The molecule has 2 fully saturated rings. The van der Waals surface area contributed by atoms with Gasteiger partial charge in [0.15, 0.2) is 0 Å². The molecule has 1 saturated heterocycles. The minimum atomic E-state index is 0.722. The van der Waals surface area contributed by atoms with Crippen LogP contribution in [0.5, 0.6) is 0 Å². The van der Waals surface area contributed by atoms with Gasteiger partial charge in [0.25, 0.3) is 0 Å². The molecule has 0 bridgehead atoms. The Labute approximate surface area is 126 Å². The lowest BCUT2D eigenvalue weighted by atomic mass is 9.78. The van der Waals surface area contributed by atoms with Gasteiger partial charge >= 0.3 is 0 Å². The molecule has 2 atom stereocenters. The number of benzene rings is 1. The van der Waals surface area contributed by atoms with E-state index in [4.69, 9.17) is 5.73 Å². The summed E-state index contributed by atoms with van der Waals surface area (Å²) >= 11 is 0. The Balaban J connectivity index is 1.80. The van der Waals surface area contributed by atoms with E-state index in [9.17, 15) is 0 Å². The van der Waals surface area contributed by atoms with Crippen LogP contribution in [0.25, 0.3) is 10.9 Å². The molecule has 0 spiro atoms. The van der Waals surface area contributed by atoms with Crippen LogP contribution >= 0.6 is 0 Å². The van der Waals surface area contributed by atoms with Gasteiger partial charge in [0.2, 0.25) is 0 Å². The number of nitrogens with zero attached hydrogens (tertiary/aromatic N) is 2. The molecule has 1 aliphatic carbocycles. The average Bonchev–Trinajstić information content (AvgIpc) is 2.55. The van der Waals surface area contributed by atoms with Crippen molar-refractivity contribution in [1.82, 2.24) is 4.98 Å². The zero-order valence-corrected chi connectivity index (χ0v) is 12.5. The molecule has 2 aromatic rings. The van der Waals surface area contributed by atoms with Gasteiger partial charge < -0.3 is 10.6 Å². The first-order valence-corrected chi connectivity index (χ1v) is 8.24. The second kappa shape index (κ2) is 5.21. The molecule has 2 unspecified atom stereocenters. The van der Waals surface area contributed by atoms with Gasteiger partial charge in [-0.2, -0.15) is 0 Å². The number of pyridine rings is 1. The third kappa shape index (κ3) is 2.15. The van der Waals surface area contributed by atoms with Gasteiger partial charge in [-0.3, -0.25) is 4.98 Å². The quantitative estimate of drug-likeness (QED) is 0.804. The van der Waals surface area contributed by atoms with Crippen molar-refractivity contribution in [3.63, 3.8) is 0 Å². The molecule has 2 aliphatic rings. The number of aromatic nitrogens is 1. The summed E-state index contributed by atoms with van der Waals surface area (Å²) in [5, 5.41) is 1.21. The summed E-state index contributed by atoms with van der Waals surface area (Å²) in [6, 6.07) is 9.14. The Morgan fingerprint density at radius 2 is 1.90 bits per heavy atom. The lowest BCUT2D eigenvalue weighted by Crippen LogP contribution is -2.47. The smallest absolute Gasteiger partial charge is 0.0951 e. The molecule has 1 aliphatic heterocycles. The summed E-state index contributed by atoms with van der Waals surface area (Å²) < 4.78 is 0. The second-order valence-electron chi connectivity index (χ2n) is 6.52. The van der Waals surface area contributed by atoms with Gasteiger partial charge in [-0.1, -0.05) is 12.8 Å². The fraction of sp³-hybridized carbons (Fsp3) is 0.500. The van der Waals surface area contributed by atoms with E-state index in [0.717, 1.165) is 23.2 Å². The highest BCUT2D eigenvalue weighted by molar-refractivity contribution is 5.98. The number of piperidine rings is 1. The summed E-state index contributed by atoms with van der Waals surface area (Å²) in [5.41, 5.74) is 9.18. The molecule has 3 nitrogen and oxygen atoms in total. The maximum atomic E-state index is 6.11. The van der Waals surface area contributed by atoms with Gasteiger partial charge in [0, 0.05) is 29.9 Å². The Hall–Kier alpha value is -1.77. The summed E-state index contributed by atoms with van der Waals surface area (Å²) in [6.45, 7) is 1.18. The summed E-state index contributed by atoms with van der Waals surface area (Å²) in [5.74, 6) is 0.886. The predicted octanol–water partition coefficient (Wildman–Crippen LogP) is 3.98. The third-order valence-electron chi connectivity index (χ3n) is 5.33. The van der Waals surface area contributed by atoms with Crippen molar-refractivity contribution in [3.05, 3.63) is 30.5 Å². The highest BCUT2D eigenvalue weighted by Crippen LogP contribution is 2.40. The molecule has 1 aromatic carbocycles. The van der Waals surface area contributed by atoms with Crippen molar-refractivity contribution in [3.8, 4) is 0 Å². The molecule has 3 heteroatoms. The molecule has 4 rings (SSSR count). The monoisotopic (exact) mass is 281 g/mol. The minimum absolute atomic E-state index is 0.722. The second-order valence-corrected chi connectivity index (χ2v) is 6.52. The van der Waals surface area contributed by atoms with Crippen LogP contribution in [-0.4, -0.2) is 17.6 Å². The van der Waals surface area contributed by atoms with E-state index in [1.807, 2.05) is 18.3 Å². The predicted molar refractivity (Wildman–Crippen MR) is 88.5 cm³/mol. The van der Waals surface area contributed by atoms with Crippen LogP contribution < -0.4 is 10.6 Å². The highest BCUT2D eigenvalue weighted by Gasteiger charge is 2.33. The van der Waals surface area contributed by atoms with Crippen molar-refractivity contribution in [2.45, 2.75) is 44.6 Å². The average molecular weight is 281 g/mol. The number of anilines is 2. The zero-order valence-electron chi connectivity index (χ0n) is 12.5. The van der Waals surface area contributed by atoms with Crippen LogP contribution in [0.2, 0.25) is 0 Å². The molecule has 0 radical (unpaired) electrons. The maximum absolute atomic E-state index is 6.11. The fourth-order valence-corrected chi connectivity index (χ4v) is 4.35. The van der Waals surface area contributed by atoms with E-state index in [2.05, 4.69) is 22.0 Å². The molecular formula is C18H23N3. The standard InChI is InChI=1S/C18H23N3/c19-15-9-10-17(14-7-3-11-20-18(14)15)21-12-4-6-13-5-1-2-8-16(13)21/h3,7,9-11,13,16H,1-2,4-6,8,12,19H2. The van der Waals surface area contributed by atoms with Crippen molar-refractivity contribution in [2.75, 3.05) is 17.2 Å².